The Kier molecular flexibility index (Phi) is 3.89. The van der Waals surface area contributed by atoms with Crippen molar-refractivity contribution in [1.29, 1.82) is 0 Å². The van der Waals surface area contributed by atoms with E-state index in [0.717, 1.165) is 0 Å². The van der Waals surface area contributed by atoms with Crippen molar-refractivity contribution >= 4 is 5.78 Å². The summed E-state index contributed by atoms with van der Waals surface area (Å²) in [5, 5.41) is 0. The number of carbonyl (C=O) groups is 1. The summed E-state index contributed by atoms with van der Waals surface area (Å²) >= 11 is 0. The number of hydrogen-bond donors (Lipinski definition) is 0. The van der Waals surface area contributed by atoms with Gasteiger partial charge in [0.1, 0.15) is 5.75 Å². The Morgan fingerprint density at radius 3 is 2.25 bits per heavy atom. The number of methoxy groups -OCH3 is 1. The Morgan fingerprint density at radius 2 is 1.70 bits per heavy atom. The summed E-state index contributed by atoms with van der Waals surface area (Å²) in [5.41, 5.74) is 2.48. The van der Waals surface area contributed by atoms with Crippen molar-refractivity contribution < 1.29 is 9.53 Å². The van der Waals surface area contributed by atoms with E-state index in [1.807, 2.05) is 24.3 Å². The average Bonchev–Trinajstić information content (AvgIpc) is 2.46. The Hall–Kier alpha value is -2.16. The summed E-state index contributed by atoms with van der Waals surface area (Å²) in [6, 6.07) is 9.43. The largest absolute Gasteiger partial charge is 0.495 e. The van der Waals surface area contributed by atoms with Crippen LogP contribution in [-0.4, -0.2) is 17.9 Å². The molecule has 0 aliphatic heterocycles. The van der Waals surface area contributed by atoms with Crippen molar-refractivity contribution in [2.24, 2.45) is 0 Å². The molecule has 2 aromatic rings. The molecule has 0 fully saturated rings. The summed E-state index contributed by atoms with van der Waals surface area (Å²) in [6.45, 7) is 6.45. The van der Waals surface area contributed by atoms with E-state index >= 15 is 0 Å². The lowest BCUT2D eigenvalue weighted by Crippen LogP contribution is -2.11. The number of carbonyl (C=O) groups excluding carboxylic acids is 1. The first kappa shape index (κ1) is 14.3. The minimum atomic E-state index is -0.0446. The summed E-state index contributed by atoms with van der Waals surface area (Å²) < 4.78 is 5.09. The SMILES string of the molecule is COc1cncc(C(=O)c2ccc(C(C)(C)C)cc2)c1. The van der Waals surface area contributed by atoms with Crippen molar-refractivity contribution in [3.63, 3.8) is 0 Å². The van der Waals surface area contributed by atoms with Crippen LogP contribution in [0.15, 0.2) is 42.7 Å². The van der Waals surface area contributed by atoms with Crippen molar-refractivity contribution in [2.75, 3.05) is 7.11 Å². The first-order valence-corrected chi connectivity index (χ1v) is 6.56. The number of pyridine rings is 1. The molecule has 2 rings (SSSR count). The lowest BCUT2D eigenvalue weighted by molar-refractivity contribution is 0.103. The van der Waals surface area contributed by atoms with E-state index in [9.17, 15) is 4.79 Å². The zero-order valence-electron chi connectivity index (χ0n) is 12.3. The average molecular weight is 269 g/mol. The van der Waals surface area contributed by atoms with Crippen LogP contribution in [0, 0.1) is 0 Å². The molecular formula is C17H19NO2. The molecule has 0 unspecified atom stereocenters. The molecular weight excluding hydrogens is 250 g/mol. The highest BCUT2D eigenvalue weighted by atomic mass is 16.5. The lowest BCUT2D eigenvalue weighted by atomic mass is 9.86. The van der Waals surface area contributed by atoms with Gasteiger partial charge in [0, 0.05) is 17.3 Å². The highest BCUT2D eigenvalue weighted by Gasteiger charge is 2.15. The second kappa shape index (κ2) is 5.45. The van der Waals surface area contributed by atoms with Gasteiger partial charge in [-0.2, -0.15) is 0 Å². The first-order valence-electron chi connectivity index (χ1n) is 6.56. The maximum Gasteiger partial charge on any atom is 0.194 e. The van der Waals surface area contributed by atoms with Gasteiger partial charge in [0.15, 0.2) is 5.78 Å². The highest BCUT2D eigenvalue weighted by molar-refractivity contribution is 6.09. The molecule has 0 aliphatic rings. The number of aromatic nitrogens is 1. The number of ether oxygens (including phenoxy) is 1. The molecule has 0 aliphatic carbocycles. The molecule has 20 heavy (non-hydrogen) atoms. The van der Waals surface area contributed by atoms with Crippen LogP contribution < -0.4 is 4.74 Å². The van der Waals surface area contributed by atoms with E-state index in [1.54, 1.807) is 25.6 Å². The first-order chi connectivity index (χ1) is 9.41. The zero-order valence-corrected chi connectivity index (χ0v) is 12.3. The van der Waals surface area contributed by atoms with Crippen LogP contribution >= 0.6 is 0 Å². The molecule has 0 bridgehead atoms. The molecule has 0 spiro atoms. The van der Waals surface area contributed by atoms with Gasteiger partial charge in [0.05, 0.1) is 13.3 Å². The molecule has 0 saturated heterocycles. The van der Waals surface area contributed by atoms with E-state index in [4.69, 9.17) is 4.74 Å². The van der Waals surface area contributed by atoms with Crippen LogP contribution in [0.2, 0.25) is 0 Å². The number of rotatable bonds is 3. The fourth-order valence-corrected chi connectivity index (χ4v) is 1.94. The summed E-state index contributed by atoms with van der Waals surface area (Å²) in [6.07, 6.45) is 3.14. The van der Waals surface area contributed by atoms with E-state index in [-0.39, 0.29) is 11.2 Å². The lowest BCUT2D eigenvalue weighted by Gasteiger charge is -2.19. The van der Waals surface area contributed by atoms with Gasteiger partial charge in [-0.25, -0.2) is 0 Å². The minimum absolute atomic E-state index is 0.0446. The third kappa shape index (κ3) is 3.05. The second-order valence-corrected chi connectivity index (χ2v) is 5.77. The predicted octanol–water partition coefficient (Wildman–Crippen LogP) is 3.62. The fourth-order valence-electron chi connectivity index (χ4n) is 1.94. The van der Waals surface area contributed by atoms with Gasteiger partial charge in [0.25, 0.3) is 0 Å². The fraction of sp³-hybridized carbons (Fsp3) is 0.294. The van der Waals surface area contributed by atoms with Gasteiger partial charge in [-0.1, -0.05) is 45.0 Å². The Bertz CT molecular complexity index is 610. The molecule has 1 heterocycles. The Balaban J connectivity index is 2.29. The molecule has 1 aromatic heterocycles. The molecule has 1 aromatic carbocycles. The Morgan fingerprint density at radius 1 is 1.05 bits per heavy atom. The second-order valence-electron chi connectivity index (χ2n) is 5.77. The smallest absolute Gasteiger partial charge is 0.194 e. The van der Waals surface area contributed by atoms with E-state index in [0.29, 0.717) is 16.9 Å². The third-order valence-electron chi connectivity index (χ3n) is 3.22. The Labute approximate surface area is 119 Å². The molecule has 0 atom stereocenters. The highest BCUT2D eigenvalue weighted by Crippen LogP contribution is 2.23. The van der Waals surface area contributed by atoms with Crippen LogP contribution in [0.25, 0.3) is 0 Å². The molecule has 104 valence electrons. The molecule has 0 amide bonds. The normalized spacial score (nSPS) is 11.2. The van der Waals surface area contributed by atoms with E-state index in [1.165, 1.54) is 5.56 Å². The molecule has 3 nitrogen and oxygen atoms in total. The third-order valence-corrected chi connectivity index (χ3v) is 3.22. The van der Waals surface area contributed by atoms with Crippen LogP contribution in [0.5, 0.6) is 5.75 Å². The predicted molar refractivity (Wildman–Crippen MR) is 79.4 cm³/mol. The van der Waals surface area contributed by atoms with Crippen molar-refractivity contribution in [3.05, 3.63) is 59.4 Å². The standard InChI is InChI=1S/C17H19NO2/c1-17(2,3)14-7-5-12(6-8-14)16(19)13-9-15(20-4)11-18-10-13/h5-11H,1-4H3. The molecule has 0 radical (unpaired) electrons. The van der Waals surface area contributed by atoms with Gasteiger partial charge in [-0.15, -0.1) is 0 Å². The van der Waals surface area contributed by atoms with Gasteiger partial charge in [0.2, 0.25) is 0 Å². The maximum atomic E-state index is 12.4. The molecule has 0 N–H and O–H groups in total. The van der Waals surface area contributed by atoms with E-state index in [2.05, 4.69) is 25.8 Å². The topological polar surface area (TPSA) is 39.2 Å². The summed E-state index contributed by atoms with van der Waals surface area (Å²) in [7, 11) is 1.56. The summed E-state index contributed by atoms with van der Waals surface area (Å²) in [5.74, 6) is 0.541. The van der Waals surface area contributed by atoms with Crippen LogP contribution in [0.3, 0.4) is 0 Å². The van der Waals surface area contributed by atoms with Gasteiger partial charge >= 0.3 is 0 Å². The molecule has 3 heteroatoms. The van der Waals surface area contributed by atoms with Crippen molar-refractivity contribution in [2.45, 2.75) is 26.2 Å². The van der Waals surface area contributed by atoms with Crippen LogP contribution in [-0.2, 0) is 5.41 Å². The number of hydrogen-bond acceptors (Lipinski definition) is 3. The minimum Gasteiger partial charge on any atom is -0.495 e. The van der Waals surface area contributed by atoms with E-state index < -0.39 is 0 Å². The summed E-state index contributed by atoms with van der Waals surface area (Å²) in [4.78, 5) is 16.4. The van der Waals surface area contributed by atoms with Crippen molar-refractivity contribution in [3.8, 4) is 5.75 Å². The van der Waals surface area contributed by atoms with Gasteiger partial charge < -0.3 is 4.74 Å². The zero-order chi connectivity index (χ0) is 14.8. The number of nitrogens with zero attached hydrogens (tertiary/aromatic N) is 1. The maximum absolute atomic E-state index is 12.4. The molecule has 0 saturated carbocycles. The van der Waals surface area contributed by atoms with Crippen LogP contribution in [0.1, 0.15) is 42.3 Å². The van der Waals surface area contributed by atoms with Gasteiger partial charge in [-0.05, 0) is 17.0 Å². The number of benzene rings is 1. The number of ketones is 1. The van der Waals surface area contributed by atoms with Crippen LogP contribution in [0.4, 0.5) is 0 Å². The van der Waals surface area contributed by atoms with Crippen molar-refractivity contribution in [1.82, 2.24) is 4.98 Å². The quantitative estimate of drug-likeness (QED) is 0.799. The van der Waals surface area contributed by atoms with Gasteiger partial charge in [-0.3, -0.25) is 9.78 Å². The monoisotopic (exact) mass is 269 g/mol.